The standard InChI is InChI=1S/C11H19N/c1-4-5-10-6-7-11(12-3)9(2)8-10/h6-9,11-12H,4-5H2,1-3H3. The third-order valence-corrected chi connectivity index (χ3v) is 2.43. The number of hydrogen-bond donors (Lipinski definition) is 1. The Bertz CT molecular complexity index is 191. The van der Waals surface area contributed by atoms with Crippen molar-refractivity contribution in [2.24, 2.45) is 5.92 Å². The summed E-state index contributed by atoms with van der Waals surface area (Å²) in [5, 5.41) is 3.28. The fourth-order valence-electron chi connectivity index (χ4n) is 1.71. The van der Waals surface area contributed by atoms with Gasteiger partial charge in [0.1, 0.15) is 0 Å². The molecule has 1 aliphatic rings. The van der Waals surface area contributed by atoms with Crippen LogP contribution in [0.5, 0.6) is 0 Å². The molecule has 0 saturated heterocycles. The zero-order valence-electron chi connectivity index (χ0n) is 8.30. The molecule has 1 aliphatic carbocycles. The van der Waals surface area contributed by atoms with Crippen LogP contribution in [0.25, 0.3) is 0 Å². The summed E-state index contributed by atoms with van der Waals surface area (Å²) in [5.74, 6) is 0.640. The normalized spacial score (nSPS) is 28.8. The van der Waals surface area contributed by atoms with Crippen LogP contribution in [0.15, 0.2) is 23.8 Å². The van der Waals surface area contributed by atoms with Crippen LogP contribution in [-0.4, -0.2) is 13.1 Å². The SMILES string of the molecule is CCCC1=CC(C)C(NC)C=C1. The van der Waals surface area contributed by atoms with Gasteiger partial charge in [0.25, 0.3) is 0 Å². The number of allylic oxidation sites excluding steroid dienone is 2. The van der Waals surface area contributed by atoms with E-state index in [1.807, 2.05) is 7.05 Å². The number of nitrogens with one attached hydrogen (secondary N) is 1. The van der Waals surface area contributed by atoms with Crippen LogP contribution in [0.2, 0.25) is 0 Å². The van der Waals surface area contributed by atoms with Crippen molar-refractivity contribution in [2.45, 2.75) is 32.7 Å². The molecule has 2 atom stereocenters. The van der Waals surface area contributed by atoms with Gasteiger partial charge in [0, 0.05) is 6.04 Å². The van der Waals surface area contributed by atoms with Crippen molar-refractivity contribution in [3.63, 3.8) is 0 Å². The maximum absolute atomic E-state index is 3.28. The van der Waals surface area contributed by atoms with E-state index in [0.717, 1.165) is 0 Å². The van der Waals surface area contributed by atoms with Gasteiger partial charge in [-0.15, -0.1) is 0 Å². The summed E-state index contributed by atoms with van der Waals surface area (Å²) >= 11 is 0. The minimum Gasteiger partial charge on any atom is -0.313 e. The minimum atomic E-state index is 0.533. The van der Waals surface area contributed by atoms with E-state index in [0.29, 0.717) is 12.0 Å². The summed E-state index contributed by atoms with van der Waals surface area (Å²) in [6, 6.07) is 0.533. The summed E-state index contributed by atoms with van der Waals surface area (Å²) < 4.78 is 0. The van der Waals surface area contributed by atoms with Gasteiger partial charge in [-0.1, -0.05) is 44.1 Å². The predicted molar refractivity (Wildman–Crippen MR) is 54.1 cm³/mol. The van der Waals surface area contributed by atoms with E-state index in [1.54, 1.807) is 0 Å². The van der Waals surface area contributed by atoms with Crippen LogP contribution in [0.1, 0.15) is 26.7 Å². The Morgan fingerprint density at radius 2 is 2.25 bits per heavy atom. The summed E-state index contributed by atoms with van der Waals surface area (Å²) in [5.41, 5.74) is 1.50. The zero-order chi connectivity index (χ0) is 8.97. The highest BCUT2D eigenvalue weighted by Gasteiger charge is 2.13. The van der Waals surface area contributed by atoms with Crippen molar-refractivity contribution in [1.29, 1.82) is 0 Å². The molecule has 0 fully saturated rings. The molecule has 0 spiro atoms. The largest absolute Gasteiger partial charge is 0.313 e. The second kappa shape index (κ2) is 4.46. The van der Waals surface area contributed by atoms with Crippen LogP contribution in [-0.2, 0) is 0 Å². The monoisotopic (exact) mass is 165 g/mol. The molecule has 0 aliphatic heterocycles. The third kappa shape index (κ3) is 2.21. The third-order valence-electron chi connectivity index (χ3n) is 2.43. The molecule has 1 N–H and O–H groups in total. The molecule has 1 rings (SSSR count). The highest BCUT2D eigenvalue weighted by molar-refractivity contribution is 5.26. The maximum Gasteiger partial charge on any atom is 0.0311 e. The van der Waals surface area contributed by atoms with Crippen LogP contribution in [0.3, 0.4) is 0 Å². The van der Waals surface area contributed by atoms with E-state index in [1.165, 1.54) is 18.4 Å². The summed E-state index contributed by atoms with van der Waals surface area (Å²) in [6.45, 7) is 4.49. The molecular formula is C11H19N. The lowest BCUT2D eigenvalue weighted by molar-refractivity contribution is 0.533. The molecule has 1 nitrogen and oxygen atoms in total. The molecule has 0 radical (unpaired) electrons. The van der Waals surface area contributed by atoms with Gasteiger partial charge in [0.05, 0.1) is 0 Å². The minimum absolute atomic E-state index is 0.533. The molecule has 0 saturated carbocycles. The number of rotatable bonds is 3. The molecule has 2 unspecified atom stereocenters. The Morgan fingerprint density at radius 3 is 2.75 bits per heavy atom. The highest BCUT2D eigenvalue weighted by Crippen LogP contribution is 2.19. The van der Waals surface area contributed by atoms with Gasteiger partial charge in [0.15, 0.2) is 0 Å². The first-order valence-corrected chi connectivity index (χ1v) is 4.84. The van der Waals surface area contributed by atoms with Crippen LogP contribution < -0.4 is 5.32 Å². The molecule has 0 bridgehead atoms. The van der Waals surface area contributed by atoms with Gasteiger partial charge in [0.2, 0.25) is 0 Å². The van der Waals surface area contributed by atoms with E-state index >= 15 is 0 Å². The van der Waals surface area contributed by atoms with Gasteiger partial charge in [-0.3, -0.25) is 0 Å². The highest BCUT2D eigenvalue weighted by atomic mass is 14.9. The molecule has 1 heteroatoms. The van der Waals surface area contributed by atoms with Crippen molar-refractivity contribution < 1.29 is 0 Å². The van der Waals surface area contributed by atoms with Crippen molar-refractivity contribution >= 4 is 0 Å². The van der Waals surface area contributed by atoms with E-state index in [9.17, 15) is 0 Å². The molecule has 0 aromatic rings. The molecule has 68 valence electrons. The molecule has 0 aromatic carbocycles. The van der Waals surface area contributed by atoms with Crippen LogP contribution in [0, 0.1) is 5.92 Å². The fourth-order valence-corrected chi connectivity index (χ4v) is 1.71. The average molecular weight is 165 g/mol. The van der Waals surface area contributed by atoms with E-state index in [-0.39, 0.29) is 0 Å². The van der Waals surface area contributed by atoms with Crippen LogP contribution >= 0.6 is 0 Å². The Balaban J connectivity index is 2.56. The second-order valence-electron chi connectivity index (χ2n) is 3.52. The topological polar surface area (TPSA) is 12.0 Å². The van der Waals surface area contributed by atoms with Crippen molar-refractivity contribution in [1.82, 2.24) is 5.32 Å². The van der Waals surface area contributed by atoms with Crippen molar-refractivity contribution in [3.05, 3.63) is 23.8 Å². The lowest BCUT2D eigenvalue weighted by Gasteiger charge is -2.22. The molecule has 12 heavy (non-hydrogen) atoms. The number of likely N-dealkylation sites (N-methyl/N-ethyl adjacent to an activating group) is 1. The van der Waals surface area contributed by atoms with Gasteiger partial charge >= 0.3 is 0 Å². The number of hydrogen-bond acceptors (Lipinski definition) is 1. The Kier molecular flexibility index (Phi) is 3.54. The Morgan fingerprint density at radius 1 is 1.50 bits per heavy atom. The quantitative estimate of drug-likeness (QED) is 0.677. The van der Waals surface area contributed by atoms with Gasteiger partial charge in [-0.05, 0) is 19.4 Å². The van der Waals surface area contributed by atoms with Gasteiger partial charge in [-0.25, -0.2) is 0 Å². The first kappa shape index (κ1) is 9.53. The maximum atomic E-state index is 3.28. The van der Waals surface area contributed by atoms with E-state index in [2.05, 4.69) is 37.4 Å². The smallest absolute Gasteiger partial charge is 0.0311 e. The zero-order valence-corrected chi connectivity index (χ0v) is 8.30. The van der Waals surface area contributed by atoms with Crippen molar-refractivity contribution in [3.8, 4) is 0 Å². The summed E-state index contributed by atoms with van der Waals surface area (Å²) in [4.78, 5) is 0. The van der Waals surface area contributed by atoms with Crippen LogP contribution in [0.4, 0.5) is 0 Å². The van der Waals surface area contributed by atoms with E-state index < -0.39 is 0 Å². The first-order valence-electron chi connectivity index (χ1n) is 4.84. The molecule has 0 heterocycles. The molecule has 0 amide bonds. The Hall–Kier alpha value is -0.560. The average Bonchev–Trinajstić information content (AvgIpc) is 2.05. The van der Waals surface area contributed by atoms with E-state index in [4.69, 9.17) is 0 Å². The van der Waals surface area contributed by atoms with Gasteiger partial charge in [-0.2, -0.15) is 0 Å². The predicted octanol–water partition coefficient (Wildman–Crippen LogP) is 2.51. The summed E-state index contributed by atoms with van der Waals surface area (Å²) in [7, 11) is 2.02. The summed E-state index contributed by atoms with van der Waals surface area (Å²) in [6.07, 6.45) is 9.37. The first-order chi connectivity index (χ1) is 5.77. The lowest BCUT2D eigenvalue weighted by Crippen LogP contribution is -2.30. The fraction of sp³-hybridized carbons (Fsp3) is 0.636. The van der Waals surface area contributed by atoms with Gasteiger partial charge < -0.3 is 5.32 Å². The Labute approximate surface area is 75.6 Å². The lowest BCUT2D eigenvalue weighted by atomic mass is 9.91. The van der Waals surface area contributed by atoms with Crippen molar-refractivity contribution in [2.75, 3.05) is 7.05 Å². The second-order valence-corrected chi connectivity index (χ2v) is 3.52. The molecule has 0 aromatic heterocycles. The molecular weight excluding hydrogens is 146 g/mol.